The van der Waals surface area contributed by atoms with Gasteiger partial charge in [0.15, 0.2) is 9.84 Å². The fourth-order valence-electron chi connectivity index (χ4n) is 2.40. The molecule has 0 bridgehead atoms. The number of sulfone groups is 1. The van der Waals surface area contributed by atoms with Gasteiger partial charge in [0, 0.05) is 6.04 Å². The van der Waals surface area contributed by atoms with Gasteiger partial charge in [-0.15, -0.1) is 0 Å². The molecule has 0 amide bonds. The first-order chi connectivity index (χ1) is 8.12. The monoisotopic (exact) mass is 273 g/mol. The molecule has 2 unspecified atom stereocenters. The highest BCUT2D eigenvalue weighted by molar-refractivity contribution is 7.91. The molecule has 0 aromatic carbocycles. The van der Waals surface area contributed by atoms with Crippen molar-refractivity contribution in [2.75, 3.05) is 18.1 Å². The molecule has 0 saturated carbocycles. The molecule has 2 atom stereocenters. The molecule has 5 heteroatoms. The highest BCUT2D eigenvalue weighted by atomic mass is 32.2. The summed E-state index contributed by atoms with van der Waals surface area (Å²) in [6.45, 7) is 3.07. The van der Waals surface area contributed by atoms with Gasteiger partial charge < -0.3 is 5.32 Å². The molecule has 2 heterocycles. The smallest absolute Gasteiger partial charge is 0.150 e. The van der Waals surface area contributed by atoms with Crippen LogP contribution in [0.25, 0.3) is 0 Å². The molecule has 3 nitrogen and oxygen atoms in total. The van der Waals surface area contributed by atoms with Crippen LogP contribution in [0.2, 0.25) is 0 Å². The lowest BCUT2D eigenvalue weighted by atomic mass is 9.94. The molecule has 17 heavy (non-hydrogen) atoms. The first-order valence-corrected chi connectivity index (χ1v) is 8.84. The third-order valence-corrected chi connectivity index (χ3v) is 5.75. The van der Waals surface area contributed by atoms with Crippen LogP contribution in [0.1, 0.15) is 31.4 Å². The minimum Gasteiger partial charge on any atom is -0.310 e. The molecule has 0 radical (unpaired) electrons. The predicted molar refractivity (Wildman–Crippen MR) is 72.1 cm³/mol. The van der Waals surface area contributed by atoms with E-state index in [1.807, 2.05) is 0 Å². The Balaban J connectivity index is 2.11. The van der Waals surface area contributed by atoms with E-state index in [-0.39, 0.29) is 12.0 Å². The van der Waals surface area contributed by atoms with E-state index in [9.17, 15) is 8.42 Å². The molecule has 1 aromatic heterocycles. The summed E-state index contributed by atoms with van der Waals surface area (Å²) in [4.78, 5) is 0. The Hall–Kier alpha value is -0.390. The van der Waals surface area contributed by atoms with Crippen LogP contribution in [0.15, 0.2) is 16.8 Å². The molecule has 0 spiro atoms. The van der Waals surface area contributed by atoms with Crippen molar-refractivity contribution in [3.05, 3.63) is 22.4 Å². The fourth-order valence-corrected chi connectivity index (χ4v) is 4.93. The first kappa shape index (κ1) is 13.1. The van der Waals surface area contributed by atoms with Gasteiger partial charge in [-0.3, -0.25) is 0 Å². The highest BCUT2D eigenvalue weighted by Crippen LogP contribution is 2.32. The van der Waals surface area contributed by atoms with Gasteiger partial charge in [-0.2, -0.15) is 11.3 Å². The van der Waals surface area contributed by atoms with Crippen LogP contribution in [0.4, 0.5) is 0 Å². The Morgan fingerprint density at radius 3 is 2.94 bits per heavy atom. The molecule has 1 N–H and O–H groups in total. The molecule has 96 valence electrons. The normalized spacial score (nSPS) is 24.9. The molecule has 1 aliphatic heterocycles. The summed E-state index contributed by atoms with van der Waals surface area (Å²) in [6, 6.07) is 2.31. The van der Waals surface area contributed by atoms with Crippen LogP contribution in [-0.4, -0.2) is 26.5 Å². The van der Waals surface area contributed by atoms with Crippen LogP contribution in [0.3, 0.4) is 0 Å². The zero-order valence-electron chi connectivity index (χ0n) is 10.1. The number of nitrogens with one attached hydrogen (secondary N) is 1. The maximum absolute atomic E-state index is 11.6. The van der Waals surface area contributed by atoms with E-state index < -0.39 is 9.84 Å². The van der Waals surface area contributed by atoms with Gasteiger partial charge in [0.1, 0.15) is 0 Å². The van der Waals surface area contributed by atoms with Crippen molar-refractivity contribution in [2.24, 2.45) is 5.92 Å². The average molecular weight is 273 g/mol. The van der Waals surface area contributed by atoms with Crippen molar-refractivity contribution in [3.63, 3.8) is 0 Å². The zero-order chi connectivity index (χ0) is 12.3. The topological polar surface area (TPSA) is 46.2 Å². The molecule has 1 fully saturated rings. The van der Waals surface area contributed by atoms with Gasteiger partial charge in [0.05, 0.1) is 11.5 Å². The fraction of sp³-hybridized carbons (Fsp3) is 0.667. The summed E-state index contributed by atoms with van der Waals surface area (Å²) in [7, 11) is -2.79. The largest absolute Gasteiger partial charge is 0.310 e. The molecule has 1 aliphatic rings. The molecule has 1 saturated heterocycles. The first-order valence-electron chi connectivity index (χ1n) is 6.08. The van der Waals surface area contributed by atoms with Gasteiger partial charge >= 0.3 is 0 Å². The number of hydrogen-bond donors (Lipinski definition) is 1. The van der Waals surface area contributed by atoms with Crippen LogP contribution in [0.5, 0.6) is 0 Å². The van der Waals surface area contributed by atoms with E-state index in [0.717, 1.165) is 19.4 Å². The average Bonchev–Trinajstić information content (AvgIpc) is 2.89. The third-order valence-electron chi connectivity index (χ3n) is 3.26. The Labute approximate surface area is 107 Å². The summed E-state index contributed by atoms with van der Waals surface area (Å²) in [5.74, 6) is 0.928. The zero-order valence-corrected chi connectivity index (χ0v) is 11.7. The lowest BCUT2D eigenvalue weighted by Gasteiger charge is -2.23. The van der Waals surface area contributed by atoms with Crippen molar-refractivity contribution >= 4 is 21.2 Å². The molecular weight excluding hydrogens is 254 g/mol. The van der Waals surface area contributed by atoms with Gasteiger partial charge in [-0.1, -0.05) is 6.92 Å². The van der Waals surface area contributed by atoms with Crippen LogP contribution in [-0.2, 0) is 9.84 Å². The summed E-state index contributed by atoms with van der Waals surface area (Å²) in [5, 5.41) is 7.67. The van der Waals surface area contributed by atoms with E-state index in [0.29, 0.717) is 11.5 Å². The predicted octanol–water partition coefficient (Wildman–Crippen LogP) is 2.22. The van der Waals surface area contributed by atoms with Crippen molar-refractivity contribution in [2.45, 2.75) is 25.8 Å². The van der Waals surface area contributed by atoms with E-state index in [2.05, 4.69) is 29.1 Å². The Morgan fingerprint density at radius 1 is 1.59 bits per heavy atom. The quantitative estimate of drug-likeness (QED) is 0.895. The van der Waals surface area contributed by atoms with Crippen LogP contribution < -0.4 is 5.32 Å². The summed E-state index contributed by atoms with van der Waals surface area (Å²) in [5.41, 5.74) is 1.24. The molecule has 1 aromatic rings. The minimum absolute atomic E-state index is 0.207. The van der Waals surface area contributed by atoms with Crippen molar-refractivity contribution in [3.8, 4) is 0 Å². The molecule has 2 rings (SSSR count). The van der Waals surface area contributed by atoms with Crippen molar-refractivity contribution < 1.29 is 8.42 Å². The number of thiophene rings is 1. The minimum atomic E-state index is -2.79. The van der Waals surface area contributed by atoms with Gasteiger partial charge in [-0.25, -0.2) is 8.42 Å². The summed E-state index contributed by atoms with van der Waals surface area (Å²) >= 11 is 1.67. The third kappa shape index (κ3) is 3.30. The van der Waals surface area contributed by atoms with Crippen LogP contribution >= 0.6 is 11.3 Å². The van der Waals surface area contributed by atoms with Crippen LogP contribution in [0, 0.1) is 5.92 Å². The summed E-state index contributed by atoms with van der Waals surface area (Å²) < 4.78 is 23.1. The SMILES string of the molecule is CCCNC(c1ccsc1)C1CCS(=O)(=O)C1. The lowest BCUT2D eigenvalue weighted by molar-refractivity contribution is 0.393. The van der Waals surface area contributed by atoms with E-state index in [1.54, 1.807) is 11.3 Å². The van der Waals surface area contributed by atoms with Crippen molar-refractivity contribution in [1.82, 2.24) is 5.32 Å². The second-order valence-electron chi connectivity index (χ2n) is 4.65. The number of rotatable bonds is 5. The van der Waals surface area contributed by atoms with E-state index in [1.165, 1.54) is 5.56 Å². The van der Waals surface area contributed by atoms with Gasteiger partial charge in [0.25, 0.3) is 0 Å². The van der Waals surface area contributed by atoms with Crippen molar-refractivity contribution in [1.29, 1.82) is 0 Å². The lowest BCUT2D eigenvalue weighted by Crippen LogP contribution is -2.29. The maximum Gasteiger partial charge on any atom is 0.150 e. The van der Waals surface area contributed by atoms with E-state index in [4.69, 9.17) is 0 Å². The second kappa shape index (κ2) is 5.50. The second-order valence-corrected chi connectivity index (χ2v) is 7.66. The molecular formula is C12H19NO2S2. The number of hydrogen-bond acceptors (Lipinski definition) is 4. The molecule has 0 aliphatic carbocycles. The Kier molecular flexibility index (Phi) is 4.22. The Morgan fingerprint density at radius 2 is 2.41 bits per heavy atom. The van der Waals surface area contributed by atoms with Gasteiger partial charge in [0.2, 0.25) is 0 Å². The standard InChI is InChI=1S/C12H19NO2S2/c1-2-5-13-12(10-3-6-16-8-10)11-4-7-17(14,15)9-11/h3,6,8,11-13H,2,4-5,7,9H2,1H3. The van der Waals surface area contributed by atoms with E-state index >= 15 is 0 Å². The summed E-state index contributed by atoms with van der Waals surface area (Å²) in [6.07, 6.45) is 1.86. The highest BCUT2D eigenvalue weighted by Gasteiger charge is 2.34. The Bertz CT molecular complexity index is 439. The maximum atomic E-state index is 11.6. The van der Waals surface area contributed by atoms with Gasteiger partial charge in [-0.05, 0) is 47.7 Å².